The van der Waals surface area contributed by atoms with E-state index < -0.39 is 10.0 Å². The summed E-state index contributed by atoms with van der Waals surface area (Å²) < 4.78 is 27.6. The molecule has 31 heavy (non-hydrogen) atoms. The Hall–Kier alpha value is -3.08. The molecule has 0 bridgehead atoms. The van der Waals surface area contributed by atoms with Crippen LogP contribution in [0.25, 0.3) is 21.9 Å². The van der Waals surface area contributed by atoms with Crippen LogP contribution < -0.4 is 5.69 Å². The molecule has 0 unspecified atom stereocenters. The number of nitrogens with zero attached hydrogens (tertiary/aromatic N) is 4. The highest BCUT2D eigenvalue weighted by Crippen LogP contribution is 2.21. The Morgan fingerprint density at radius 3 is 2.52 bits per heavy atom. The number of nitrogens with one attached hydrogen (secondary N) is 2. The lowest BCUT2D eigenvalue weighted by atomic mass is 10.2. The van der Waals surface area contributed by atoms with Gasteiger partial charge in [0.05, 0.1) is 28.0 Å². The third kappa shape index (κ3) is 3.73. The molecule has 1 aliphatic heterocycles. The molecular formula is C21H22N6O3S. The van der Waals surface area contributed by atoms with E-state index in [4.69, 9.17) is 0 Å². The first kappa shape index (κ1) is 19.9. The van der Waals surface area contributed by atoms with Crippen LogP contribution >= 0.6 is 0 Å². The number of fused-ring (bicyclic) bond motifs is 2. The van der Waals surface area contributed by atoms with Crippen LogP contribution in [0.3, 0.4) is 0 Å². The monoisotopic (exact) mass is 438 g/mol. The number of piperazine rings is 1. The zero-order chi connectivity index (χ0) is 21.6. The standard InChI is InChI=1S/C21H22N6O3S/c1-14-16-4-2-3-5-17(16)23-20(22-14)13-26-8-10-27(11-9-26)31(29,30)15-6-7-18-19(12-15)25-21(28)24-18/h2-7,12H,8-11,13H2,1H3,(H2,24,25,28). The maximum absolute atomic E-state index is 13.1. The number of hydrogen-bond acceptors (Lipinski definition) is 6. The van der Waals surface area contributed by atoms with E-state index in [1.807, 2.05) is 31.2 Å². The van der Waals surface area contributed by atoms with Gasteiger partial charge in [0.1, 0.15) is 5.82 Å². The fourth-order valence-electron chi connectivity index (χ4n) is 4.01. The predicted octanol–water partition coefficient (Wildman–Crippen LogP) is 1.61. The Labute approximate surface area is 178 Å². The largest absolute Gasteiger partial charge is 0.323 e. The lowest BCUT2D eigenvalue weighted by Gasteiger charge is -2.33. The fourth-order valence-corrected chi connectivity index (χ4v) is 5.46. The molecule has 4 aromatic rings. The summed E-state index contributed by atoms with van der Waals surface area (Å²) in [5, 5.41) is 1.04. The average Bonchev–Trinajstić information content (AvgIpc) is 3.13. The van der Waals surface area contributed by atoms with E-state index in [0.717, 1.165) is 22.4 Å². The van der Waals surface area contributed by atoms with Crippen LogP contribution in [-0.2, 0) is 16.6 Å². The lowest BCUT2D eigenvalue weighted by molar-refractivity contribution is 0.178. The molecule has 1 saturated heterocycles. The second kappa shape index (κ2) is 7.56. The predicted molar refractivity (Wildman–Crippen MR) is 117 cm³/mol. The molecule has 10 heteroatoms. The van der Waals surface area contributed by atoms with Crippen LogP contribution in [0.2, 0.25) is 0 Å². The van der Waals surface area contributed by atoms with E-state index >= 15 is 0 Å². The number of aromatic nitrogens is 4. The van der Waals surface area contributed by atoms with Gasteiger partial charge in [0, 0.05) is 37.3 Å². The molecule has 1 aliphatic rings. The van der Waals surface area contributed by atoms with Gasteiger partial charge in [0.25, 0.3) is 0 Å². The van der Waals surface area contributed by atoms with Crippen molar-refractivity contribution in [3.8, 4) is 0 Å². The summed E-state index contributed by atoms with van der Waals surface area (Å²) in [5.41, 5.74) is 2.57. The van der Waals surface area contributed by atoms with E-state index in [-0.39, 0.29) is 10.6 Å². The zero-order valence-electron chi connectivity index (χ0n) is 17.0. The summed E-state index contributed by atoms with van der Waals surface area (Å²) in [7, 11) is -3.64. The summed E-state index contributed by atoms with van der Waals surface area (Å²) in [6.45, 7) is 4.52. The van der Waals surface area contributed by atoms with Crippen molar-refractivity contribution in [2.45, 2.75) is 18.4 Å². The highest BCUT2D eigenvalue weighted by Gasteiger charge is 2.29. The lowest BCUT2D eigenvalue weighted by Crippen LogP contribution is -2.48. The van der Waals surface area contributed by atoms with Crippen LogP contribution in [0.4, 0.5) is 0 Å². The van der Waals surface area contributed by atoms with Gasteiger partial charge in [-0.1, -0.05) is 18.2 Å². The molecule has 2 N–H and O–H groups in total. The van der Waals surface area contributed by atoms with Crippen molar-refractivity contribution in [3.05, 3.63) is 64.5 Å². The van der Waals surface area contributed by atoms with Gasteiger partial charge in [-0.05, 0) is 31.2 Å². The van der Waals surface area contributed by atoms with Crippen LogP contribution in [-0.4, -0.2) is 63.7 Å². The molecule has 0 saturated carbocycles. The maximum Gasteiger partial charge on any atom is 0.323 e. The van der Waals surface area contributed by atoms with E-state index in [9.17, 15) is 13.2 Å². The highest BCUT2D eigenvalue weighted by molar-refractivity contribution is 7.89. The van der Waals surface area contributed by atoms with Crippen LogP contribution in [0.5, 0.6) is 0 Å². The summed E-state index contributed by atoms with van der Waals surface area (Å²) in [6.07, 6.45) is 0. The zero-order valence-corrected chi connectivity index (χ0v) is 17.8. The van der Waals surface area contributed by atoms with Crippen molar-refractivity contribution in [1.29, 1.82) is 0 Å². The molecule has 3 heterocycles. The number of para-hydroxylation sites is 1. The maximum atomic E-state index is 13.1. The topological polar surface area (TPSA) is 115 Å². The van der Waals surface area contributed by atoms with Gasteiger partial charge in [-0.2, -0.15) is 4.31 Å². The third-order valence-electron chi connectivity index (χ3n) is 5.66. The molecule has 0 radical (unpaired) electrons. The van der Waals surface area contributed by atoms with Gasteiger partial charge in [0.15, 0.2) is 0 Å². The van der Waals surface area contributed by atoms with E-state index in [1.165, 1.54) is 16.4 Å². The number of aromatic amines is 2. The molecule has 5 rings (SSSR count). The van der Waals surface area contributed by atoms with E-state index in [1.54, 1.807) is 6.07 Å². The van der Waals surface area contributed by atoms with Gasteiger partial charge >= 0.3 is 5.69 Å². The molecule has 9 nitrogen and oxygen atoms in total. The van der Waals surface area contributed by atoms with E-state index in [2.05, 4.69) is 24.8 Å². The van der Waals surface area contributed by atoms with Crippen molar-refractivity contribution in [1.82, 2.24) is 29.1 Å². The van der Waals surface area contributed by atoms with Crippen molar-refractivity contribution in [2.75, 3.05) is 26.2 Å². The highest BCUT2D eigenvalue weighted by atomic mass is 32.2. The minimum absolute atomic E-state index is 0.178. The second-order valence-corrected chi connectivity index (χ2v) is 9.65. The Morgan fingerprint density at radius 2 is 1.71 bits per heavy atom. The van der Waals surface area contributed by atoms with Gasteiger partial charge in [0.2, 0.25) is 10.0 Å². The quantitative estimate of drug-likeness (QED) is 0.500. The summed E-state index contributed by atoms with van der Waals surface area (Å²) in [4.78, 5) is 28.3. The number of aryl methyl sites for hydroxylation is 1. The van der Waals surface area contributed by atoms with E-state index in [0.29, 0.717) is 43.8 Å². The first-order valence-corrected chi connectivity index (χ1v) is 11.5. The summed E-state index contributed by atoms with van der Waals surface area (Å²) in [5.74, 6) is 0.745. The second-order valence-electron chi connectivity index (χ2n) is 7.71. The van der Waals surface area contributed by atoms with Crippen LogP contribution in [0, 0.1) is 6.92 Å². The van der Waals surface area contributed by atoms with Crippen molar-refractivity contribution in [2.24, 2.45) is 0 Å². The summed E-state index contributed by atoms with van der Waals surface area (Å²) >= 11 is 0. The van der Waals surface area contributed by atoms with Gasteiger partial charge in [-0.15, -0.1) is 0 Å². The SMILES string of the molecule is Cc1nc(CN2CCN(S(=O)(=O)c3ccc4[nH]c(=O)[nH]c4c3)CC2)nc2ccccc12. The first-order valence-electron chi connectivity index (χ1n) is 10.1. The number of benzene rings is 2. The van der Waals surface area contributed by atoms with Gasteiger partial charge < -0.3 is 9.97 Å². The van der Waals surface area contributed by atoms with Crippen LogP contribution in [0.1, 0.15) is 11.5 Å². The van der Waals surface area contributed by atoms with Crippen molar-refractivity contribution >= 4 is 32.0 Å². The Morgan fingerprint density at radius 1 is 0.968 bits per heavy atom. The molecule has 0 spiro atoms. The fraction of sp³-hybridized carbons (Fsp3) is 0.286. The van der Waals surface area contributed by atoms with Gasteiger partial charge in [-0.25, -0.2) is 23.2 Å². The number of rotatable bonds is 4. The molecule has 2 aromatic carbocycles. The minimum atomic E-state index is -3.64. The smallest absolute Gasteiger partial charge is 0.306 e. The third-order valence-corrected chi connectivity index (χ3v) is 7.56. The van der Waals surface area contributed by atoms with Gasteiger partial charge in [-0.3, -0.25) is 4.90 Å². The van der Waals surface area contributed by atoms with Crippen molar-refractivity contribution in [3.63, 3.8) is 0 Å². The molecule has 160 valence electrons. The van der Waals surface area contributed by atoms with Crippen molar-refractivity contribution < 1.29 is 8.42 Å². The molecule has 2 aromatic heterocycles. The Balaban J connectivity index is 1.30. The Bertz CT molecular complexity index is 1430. The molecule has 1 fully saturated rings. The normalized spacial score (nSPS) is 16.3. The first-order chi connectivity index (χ1) is 14.9. The number of sulfonamides is 1. The Kier molecular flexibility index (Phi) is 4.84. The minimum Gasteiger partial charge on any atom is -0.306 e. The molecule has 0 atom stereocenters. The number of H-pyrrole nitrogens is 2. The molecule has 0 aliphatic carbocycles. The number of imidazole rings is 1. The molecule has 0 amide bonds. The molecular weight excluding hydrogens is 416 g/mol. The number of hydrogen-bond donors (Lipinski definition) is 2. The van der Waals surface area contributed by atoms with Crippen LogP contribution in [0.15, 0.2) is 52.2 Å². The summed E-state index contributed by atoms with van der Waals surface area (Å²) in [6, 6.07) is 12.6. The average molecular weight is 439 g/mol.